The van der Waals surface area contributed by atoms with Crippen LogP contribution < -0.4 is 5.32 Å². The Balaban J connectivity index is 2.83. The minimum Gasteiger partial charge on any atom is -0.394 e. The van der Waals surface area contributed by atoms with Crippen LogP contribution in [-0.4, -0.2) is 23.7 Å². The van der Waals surface area contributed by atoms with Crippen LogP contribution in [0.15, 0.2) is 24.3 Å². The first-order valence-electron chi connectivity index (χ1n) is 6.03. The Bertz CT molecular complexity index is 482. The van der Waals surface area contributed by atoms with Gasteiger partial charge in [0.05, 0.1) is 12.6 Å². The van der Waals surface area contributed by atoms with Gasteiger partial charge in [0, 0.05) is 17.7 Å². The maximum Gasteiger partial charge on any atom is 0.244 e. The average Bonchev–Trinajstić information content (AvgIpc) is 2.35. The van der Waals surface area contributed by atoms with Crippen LogP contribution in [0.1, 0.15) is 25.8 Å². The second-order valence-electron chi connectivity index (χ2n) is 4.25. The number of aliphatic hydroxyl groups is 1. The standard InChI is InChI=1S/C14H17F2NO2/c1-3-11(8-18)17-14(19)6-9(2)12-5-4-10(15)7-13(12)16/h4-7,11,18H,3,8H2,1-2H3,(H,17,19)/b9-6-. The number of rotatable bonds is 5. The summed E-state index contributed by atoms with van der Waals surface area (Å²) in [5, 5.41) is 11.5. The lowest BCUT2D eigenvalue weighted by Crippen LogP contribution is -2.35. The normalized spacial score (nSPS) is 13.2. The van der Waals surface area contributed by atoms with Crippen molar-refractivity contribution < 1.29 is 18.7 Å². The number of carbonyl (C=O) groups excluding carboxylic acids is 1. The summed E-state index contributed by atoms with van der Waals surface area (Å²) in [5.41, 5.74) is 0.566. The zero-order valence-corrected chi connectivity index (χ0v) is 10.9. The van der Waals surface area contributed by atoms with Crippen molar-refractivity contribution >= 4 is 11.5 Å². The zero-order valence-electron chi connectivity index (χ0n) is 10.9. The van der Waals surface area contributed by atoms with Gasteiger partial charge in [-0.25, -0.2) is 8.78 Å². The van der Waals surface area contributed by atoms with Crippen LogP contribution in [0.25, 0.3) is 5.57 Å². The molecule has 1 rings (SSSR count). The van der Waals surface area contributed by atoms with Crippen molar-refractivity contribution in [1.82, 2.24) is 5.32 Å². The molecule has 2 N–H and O–H groups in total. The maximum absolute atomic E-state index is 13.5. The van der Waals surface area contributed by atoms with Gasteiger partial charge < -0.3 is 10.4 Å². The van der Waals surface area contributed by atoms with Crippen LogP contribution in [0.2, 0.25) is 0 Å². The number of carbonyl (C=O) groups is 1. The van der Waals surface area contributed by atoms with Gasteiger partial charge in [0.25, 0.3) is 0 Å². The molecule has 0 radical (unpaired) electrons. The van der Waals surface area contributed by atoms with Gasteiger partial charge in [-0.15, -0.1) is 0 Å². The highest BCUT2D eigenvalue weighted by atomic mass is 19.1. The van der Waals surface area contributed by atoms with Gasteiger partial charge in [-0.3, -0.25) is 4.79 Å². The second kappa shape index (κ2) is 6.99. The molecule has 0 saturated carbocycles. The molecule has 0 bridgehead atoms. The van der Waals surface area contributed by atoms with E-state index in [4.69, 9.17) is 5.11 Å². The smallest absolute Gasteiger partial charge is 0.244 e. The van der Waals surface area contributed by atoms with Crippen LogP contribution >= 0.6 is 0 Å². The summed E-state index contributed by atoms with van der Waals surface area (Å²) in [6.45, 7) is 3.24. The molecule has 0 aliphatic rings. The minimum atomic E-state index is -0.712. The largest absolute Gasteiger partial charge is 0.394 e. The van der Waals surface area contributed by atoms with E-state index in [2.05, 4.69) is 5.32 Å². The monoisotopic (exact) mass is 269 g/mol. The van der Waals surface area contributed by atoms with Crippen LogP contribution in [0.4, 0.5) is 8.78 Å². The van der Waals surface area contributed by atoms with E-state index in [1.54, 1.807) is 6.92 Å². The lowest BCUT2D eigenvalue weighted by atomic mass is 10.1. The molecule has 0 aliphatic heterocycles. The van der Waals surface area contributed by atoms with E-state index in [-0.39, 0.29) is 18.2 Å². The van der Waals surface area contributed by atoms with Crippen molar-refractivity contribution in [3.63, 3.8) is 0 Å². The fourth-order valence-corrected chi connectivity index (χ4v) is 1.60. The van der Waals surface area contributed by atoms with Crippen LogP contribution in [0.3, 0.4) is 0 Å². The highest BCUT2D eigenvalue weighted by Crippen LogP contribution is 2.18. The molecule has 0 fully saturated rings. The molecular formula is C14H17F2NO2. The van der Waals surface area contributed by atoms with Gasteiger partial charge in [0.1, 0.15) is 11.6 Å². The summed E-state index contributed by atoms with van der Waals surface area (Å²) in [4.78, 5) is 11.6. The maximum atomic E-state index is 13.5. The third kappa shape index (κ3) is 4.44. The highest BCUT2D eigenvalue weighted by molar-refractivity contribution is 5.95. The molecule has 1 aromatic rings. The Morgan fingerprint density at radius 2 is 2.16 bits per heavy atom. The first-order valence-corrected chi connectivity index (χ1v) is 6.03. The molecule has 3 nitrogen and oxygen atoms in total. The lowest BCUT2D eigenvalue weighted by Gasteiger charge is -2.12. The fourth-order valence-electron chi connectivity index (χ4n) is 1.60. The third-order valence-corrected chi connectivity index (χ3v) is 2.76. The van der Waals surface area contributed by atoms with Gasteiger partial charge in [0.2, 0.25) is 5.91 Å². The molecule has 1 aromatic carbocycles. The van der Waals surface area contributed by atoms with Crippen molar-refractivity contribution in [3.05, 3.63) is 41.5 Å². The first kappa shape index (κ1) is 15.3. The Hall–Kier alpha value is -1.75. The molecule has 19 heavy (non-hydrogen) atoms. The van der Waals surface area contributed by atoms with E-state index in [1.807, 2.05) is 6.92 Å². The molecule has 0 spiro atoms. The molecule has 0 aromatic heterocycles. The molecule has 1 amide bonds. The van der Waals surface area contributed by atoms with Crippen LogP contribution in [0, 0.1) is 11.6 Å². The van der Waals surface area contributed by atoms with Crippen molar-refractivity contribution in [2.24, 2.45) is 0 Å². The molecular weight excluding hydrogens is 252 g/mol. The summed E-state index contributed by atoms with van der Waals surface area (Å²) in [5.74, 6) is -1.79. The summed E-state index contributed by atoms with van der Waals surface area (Å²) >= 11 is 0. The first-order chi connectivity index (χ1) is 8.97. The second-order valence-corrected chi connectivity index (χ2v) is 4.25. The molecule has 104 valence electrons. The SMILES string of the molecule is CCC(CO)NC(=O)/C=C(/C)c1ccc(F)cc1F. The van der Waals surface area contributed by atoms with Crippen molar-refractivity contribution in [2.75, 3.05) is 6.61 Å². The van der Waals surface area contributed by atoms with E-state index in [9.17, 15) is 13.6 Å². The zero-order chi connectivity index (χ0) is 14.4. The number of allylic oxidation sites excluding steroid dienone is 1. The van der Waals surface area contributed by atoms with E-state index in [0.717, 1.165) is 12.1 Å². The molecule has 5 heteroatoms. The van der Waals surface area contributed by atoms with Crippen LogP contribution in [0.5, 0.6) is 0 Å². The molecule has 1 atom stereocenters. The highest BCUT2D eigenvalue weighted by Gasteiger charge is 2.10. The van der Waals surface area contributed by atoms with Crippen molar-refractivity contribution in [3.8, 4) is 0 Å². The molecule has 0 heterocycles. The van der Waals surface area contributed by atoms with Gasteiger partial charge >= 0.3 is 0 Å². The molecule has 0 saturated heterocycles. The molecule has 0 aliphatic carbocycles. The number of amides is 1. The Morgan fingerprint density at radius 1 is 1.47 bits per heavy atom. The summed E-state index contributed by atoms with van der Waals surface area (Å²) in [7, 11) is 0. The predicted molar refractivity (Wildman–Crippen MR) is 69.3 cm³/mol. The Morgan fingerprint density at radius 3 is 2.68 bits per heavy atom. The Labute approximate surface area is 110 Å². The van der Waals surface area contributed by atoms with Crippen molar-refractivity contribution in [1.29, 1.82) is 0 Å². The Kier molecular flexibility index (Phi) is 5.63. The van der Waals surface area contributed by atoms with Gasteiger partial charge in [-0.1, -0.05) is 6.92 Å². The van der Waals surface area contributed by atoms with Crippen molar-refractivity contribution in [2.45, 2.75) is 26.3 Å². The summed E-state index contributed by atoms with van der Waals surface area (Å²) in [6.07, 6.45) is 1.83. The minimum absolute atomic E-state index is 0.153. The summed E-state index contributed by atoms with van der Waals surface area (Å²) in [6, 6.07) is 2.87. The topological polar surface area (TPSA) is 49.3 Å². The number of hydrogen-bond acceptors (Lipinski definition) is 2. The van der Waals surface area contributed by atoms with E-state index in [1.165, 1.54) is 12.1 Å². The number of halogens is 2. The summed E-state index contributed by atoms with van der Waals surface area (Å²) < 4.78 is 26.3. The van der Waals surface area contributed by atoms with E-state index in [0.29, 0.717) is 12.0 Å². The number of aliphatic hydroxyl groups excluding tert-OH is 1. The van der Waals surface area contributed by atoms with Crippen LogP contribution in [-0.2, 0) is 4.79 Å². The fraction of sp³-hybridized carbons (Fsp3) is 0.357. The molecule has 1 unspecified atom stereocenters. The number of benzene rings is 1. The average molecular weight is 269 g/mol. The lowest BCUT2D eigenvalue weighted by molar-refractivity contribution is -0.117. The quantitative estimate of drug-likeness (QED) is 0.805. The van der Waals surface area contributed by atoms with E-state index < -0.39 is 17.5 Å². The predicted octanol–water partition coefficient (Wildman–Crippen LogP) is 2.26. The number of hydrogen-bond donors (Lipinski definition) is 2. The number of nitrogens with one attached hydrogen (secondary N) is 1. The van der Waals surface area contributed by atoms with Gasteiger partial charge in [-0.05, 0) is 31.1 Å². The third-order valence-electron chi connectivity index (χ3n) is 2.76. The van der Waals surface area contributed by atoms with E-state index >= 15 is 0 Å². The van der Waals surface area contributed by atoms with Gasteiger partial charge in [0.15, 0.2) is 0 Å². The van der Waals surface area contributed by atoms with Gasteiger partial charge in [-0.2, -0.15) is 0 Å².